The van der Waals surface area contributed by atoms with Crippen LogP contribution >= 0.6 is 23.2 Å². The van der Waals surface area contributed by atoms with E-state index in [1.54, 1.807) is 6.07 Å². The summed E-state index contributed by atoms with van der Waals surface area (Å²) in [6.45, 7) is 2.02. The Morgan fingerprint density at radius 3 is 2.67 bits per heavy atom. The van der Waals surface area contributed by atoms with Gasteiger partial charge in [0.15, 0.2) is 0 Å². The predicted molar refractivity (Wildman–Crippen MR) is 88.8 cm³/mol. The van der Waals surface area contributed by atoms with E-state index in [0.29, 0.717) is 16.1 Å². The lowest BCUT2D eigenvalue weighted by Crippen LogP contribution is -2.14. The number of rotatable bonds is 3. The molecule has 0 saturated heterocycles. The molecule has 0 radical (unpaired) electrons. The lowest BCUT2D eigenvalue weighted by atomic mass is 9.95. The van der Waals surface area contributed by atoms with Gasteiger partial charge in [-0.25, -0.2) is 4.98 Å². The summed E-state index contributed by atoms with van der Waals surface area (Å²) in [7, 11) is 0. The van der Waals surface area contributed by atoms with Crippen molar-refractivity contribution in [1.82, 2.24) is 9.55 Å². The van der Waals surface area contributed by atoms with E-state index in [1.165, 1.54) is 32.1 Å². The fraction of sp³-hybridized carbons (Fsp3) is 0.438. The molecule has 3 nitrogen and oxygen atoms in total. The number of benzene rings is 1. The van der Waals surface area contributed by atoms with E-state index in [4.69, 9.17) is 23.2 Å². The Labute approximate surface area is 135 Å². The van der Waals surface area contributed by atoms with E-state index in [2.05, 4.69) is 21.1 Å². The van der Waals surface area contributed by atoms with Gasteiger partial charge in [-0.05, 0) is 38.0 Å². The Morgan fingerprint density at radius 2 is 1.95 bits per heavy atom. The molecule has 112 valence electrons. The summed E-state index contributed by atoms with van der Waals surface area (Å²) in [5, 5.41) is 4.59. The molecule has 0 spiro atoms. The second-order valence-electron chi connectivity index (χ2n) is 5.65. The van der Waals surface area contributed by atoms with Gasteiger partial charge in [0.1, 0.15) is 0 Å². The third kappa shape index (κ3) is 3.35. The van der Waals surface area contributed by atoms with E-state index in [9.17, 15) is 0 Å². The Balaban J connectivity index is 1.87. The second-order valence-corrected chi connectivity index (χ2v) is 6.50. The Kier molecular flexibility index (Phi) is 4.41. The van der Waals surface area contributed by atoms with E-state index in [1.807, 2.05) is 19.1 Å². The number of nitrogens with zero attached hydrogens (tertiary/aromatic N) is 2. The molecule has 0 amide bonds. The van der Waals surface area contributed by atoms with Crippen LogP contribution in [0.1, 0.15) is 43.8 Å². The van der Waals surface area contributed by atoms with Gasteiger partial charge in [-0.3, -0.25) is 0 Å². The molecule has 0 unspecified atom stereocenters. The van der Waals surface area contributed by atoms with Crippen LogP contribution in [-0.4, -0.2) is 9.55 Å². The highest BCUT2D eigenvalue weighted by Crippen LogP contribution is 2.33. The maximum absolute atomic E-state index is 6.24. The van der Waals surface area contributed by atoms with Gasteiger partial charge in [-0.15, -0.1) is 0 Å². The summed E-state index contributed by atoms with van der Waals surface area (Å²) in [5.74, 6) is 0.864. The van der Waals surface area contributed by atoms with Crippen LogP contribution in [0.4, 0.5) is 11.6 Å². The van der Waals surface area contributed by atoms with Crippen LogP contribution in [0.3, 0.4) is 0 Å². The summed E-state index contributed by atoms with van der Waals surface area (Å²) in [4.78, 5) is 4.60. The minimum atomic E-state index is 0.536. The van der Waals surface area contributed by atoms with Crippen molar-refractivity contribution in [3.8, 4) is 0 Å². The molecule has 1 aromatic carbocycles. The first-order valence-electron chi connectivity index (χ1n) is 7.41. The molecule has 1 fully saturated rings. The minimum absolute atomic E-state index is 0.536. The number of nitrogens with one attached hydrogen (secondary N) is 1. The monoisotopic (exact) mass is 323 g/mol. The molecule has 0 aliphatic heterocycles. The quantitative estimate of drug-likeness (QED) is 0.779. The third-order valence-electron chi connectivity index (χ3n) is 4.00. The van der Waals surface area contributed by atoms with Gasteiger partial charge in [0.05, 0.1) is 16.4 Å². The third-order valence-corrected chi connectivity index (χ3v) is 4.55. The largest absolute Gasteiger partial charge is 0.324 e. The molecule has 5 heteroatoms. The molecule has 1 N–H and O–H groups in total. The zero-order chi connectivity index (χ0) is 14.8. The zero-order valence-electron chi connectivity index (χ0n) is 12.1. The number of imidazole rings is 1. The van der Waals surface area contributed by atoms with Crippen molar-refractivity contribution in [2.75, 3.05) is 5.32 Å². The number of hydrogen-bond donors (Lipinski definition) is 1. The topological polar surface area (TPSA) is 29.9 Å². The molecule has 1 aliphatic carbocycles. The van der Waals surface area contributed by atoms with E-state index in [0.717, 1.165) is 17.3 Å². The number of hydrogen-bond acceptors (Lipinski definition) is 2. The first kappa shape index (κ1) is 14.7. The van der Waals surface area contributed by atoms with E-state index < -0.39 is 0 Å². The molecule has 21 heavy (non-hydrogen) atoms. The first-order chi connectivity index (χ1) is 10.1. The molecule has 2 aromatic rings. The maximum Gasteiger partial charge on any atom is 0.207 e. The van der Waals surface area contributed by atoms with Crippen LogP contribution in [0.15, 0.2) is 24.4 Å². The Bertz CT molecular complexity index is 630. The Hall–Kier alpha value is -1.19. The number of aromatic nitrogens is 2. The van der Waals surface area contributed by atoms with Crippen LogP contribution in [0.2, 0.25) is 10.0 Å². The fourth-order valence-electron chi connectivity index (χ4n) is 2.96. The molecule has 1 saturated carbocycles. The van der Waals surface area contributed by atoms with Crippen molar-refractivity contribution >= 4 is 34.8 Å². The van der Waals surface area contributed by atoms with Crippen LogP contribution in [0.25, 0.3) is 0 Å². The van der Waals surface area contributed by atoms with E-state index >= 15 is 0 Å². The molecule has 1 aliphatic rings. The van der Waals surface area contributed by atoms with Gasteiger partial charge in [-0.1, -0.05) is 42.5 Å². The van der Waals surface area contributed by atoms with Crippen LogP contribution in [-0.2, 0) is 0 Å². The normalized spacial score (nSPS) is 16.1. The molecule has 1 aromatic heterocycles. The molecule has 0 bridgehead atoms. The van der Waals surface area contributed by atoms with Crippen molar-refractivity contribution in [3.05, 3.63) is 40.1 Å². The van der Waals surface area contributed by atoms with Crippen LogP contribution < -0.4 is 5.32 Å². The summed E-state index contributed by atoms with van der Waals surface area (Å²) in [6.07, 6.45) is 8.50. The van der Waals surface area contributed by atoms with Gasteiger partial charge in [0.2, 0.25) is 5.95 Å². The highest BCUT2D eigenvalue weighted by Gasteiger charge is 2.19. The molecular weight excluding hydrogens is 305 g/mol. The second kappa shape index (κ2) is 6.29. The van der Waals surface area contributed by atoms with Gasteiger partial charge < -0.3 is 9.88 Å². The van der Waals surface area contributed by atoms with Crippen LogP contribution in [0, 0.1) is 6.92 Å². The molecule has 1 heterocycles. The summed E-state index contributed by atoms with van der Waals surface area (Å²) < 4.78 is 2.26. The smallest absolute Gasteiger partial charge is 0.207 e. The lowest BCUT2D eigenvalue weighted by Gasteiger charge is -2.24. The Morgan fingerprint density at radius 1 is 1.19 bits per heavy atom. The lowest BCUT2D eigenvalue weighted by molar-refractivity contribution is 0.356. The van der Waals surface area contributed by atoms with Gasteiger partial charge in [0.25, 0.3) is 0 Å². The summed E-state index contributed by atoms with van der Waals surface area (Å²) in [5.41, 5.74) is 1.86. The van der Waals surface area contributed by atoms with Gasteiger partial charge in [0, 0.05) is 17.3 Å². The molecule has 0 atom stereocenters. The highest BCUT2D eigenvalue weighted by atomic mass is 35.5. The van der Waals surface area contributed by atoms with Crippen molar-refractivity contribution in [1.29, 1.82) is 0 Å². The standard InChI is InChI=1S/C16H19Cl2N3/c1-11-10-21(13-5-3-2-4-6-13)16(19-11)20-15-8-7-12(17)9-14(15)18/h7-10,13H,2-6H2,1H3,(H,19,20). The summed E-state index contributed by atoms with van der Waals surface area (Å²) in [6, 6.07) is 6.00. The molecule has 3 rings (SSSR count). The first-order valence-corrected chi connectivity index (χ1v) is 8.16. The van der Waals surface area contributed by atoms with Crippen molar-refractivity contribution in [2.24, 2.45) is 0 Å². The van der Waals surface area contributed by atoms with Crippen LogP contribution in [0.5, 0.6) is 0 Å². The summed E-state index contributed by atoms with van der Waals surface area (Å²) >= 11 is 12.2. The average molecular weight is 324 g/mol. The molecular formula is C16H19Cl2N3. The highest BCUT2D eigenvalue weighted by molar-refractivity contribution is 6.36. The minimum Gasteiger partial charge on any atom is -0.324 e. The number of halogens is 2. The maximum atomic E-state index is 6.24. The fourth-order valence-corrected chi connectivity index (χ4v) is 3.41. The van der Waals surface area contributed by atoms with Crippen molar-refractivity contribution in [2.45, 2.75) is 45.1 Å². The predicted octanol–water partition coefficient (Wildman–Crippen LogP) is 5.75. The SMILES string of the molecule is Cc1cn(C2CCCCC2)c(Nc2ccc(Cl)cc2Cl)n1. The van der Waals surface area contributed by atoms with E-state index in [-0.39, 0.29) is 0 Å². The average Bonchev–Trinajstić information content (AvgIpc) is 2.84. The zero-order valence-corrected chi connectivity index (χ0v) is 13.6. The van der Waals surface area contributed by atoms with Crippen molar-refractivity contribution < 1.29 is 0 Å². The van der Waals surface area contributed by atoms with Crippen molar-refractivity contribution in [3.63, 3.8) is 0 Å². The number of anilines is 2. The number of aryl methyl sites for hydroxylation is 1. The van der Waals surface area contributed by atoms with Gasteiger partial charge >= 0.3 is 0 Å². The van der Waals surface area contributed by atoms with Gasteiger partial charge in [-0.2, -0.15) is 0 Å².